The highest BCUT2D eigenvalue weighted by molar-refractivity contribution is 7.09. The lowest BCUT2D eigenvalue weighted by Gasteiger charge is -2.20. The number of benzene rings is 1. The van der Waals surface area contributed by atoms with Crippen LogP contribution in [0.5, 0.6) is 17.2 Å². The van der Waals surface area contributed by atoms with Crippen molar-refractivity contribution in [2.75, 3.05) is 13.2 Å². The number of nitrogens with zero attached hydrogens (tertiary/aromatic N) is 2. The Labute approximate surface area is 130 Å². The molecule has 7 heteroatoms. The molecule has 0 atom stereocenters. The summed E-state index contributed by atoms with van der Waals surface area (Å²) in [7, 11) is 0. The van der Waals surface area contributed by atoms with Gasteiger partial charge in [-0.15, -0.1) is 11.3 Å². The SMILES string of the molecule is Cc1nc(-c2cn[nH]c2-c2ccc3c(c2O)OCCO3)cs1. The number of H-pyrrole nitrogens is 1. The Bertz CT molecular complexity index is 840. The summed E-state index contributed by atoms with van der Waals surface area (Å²) in [5.41, 5.74) is 3.00. The first-order valence-corrected chi connectivity index (χ1v) is 7.70. The van der Waals surface area contributed by atoms with Crippen LogP contribution in [0.2, 0.25) is 0 Å². The minimum Gasteiger partial charge on any atom is -0.504 e. The van der Waals surface area contributed by atoms with Crippen molar-refractivity contribution in [3.8, 4) is 39.8 Å². The molecule has 0 spiro atoms. The number of hydrogen-bond donors (Lipinski definition) is 2. The normalized spacial score (nSPS) is 13.3. The number of aromatic amines is 1. The molecule has 2 aromatic heterocycles. The Morgan fingerprint density at radius 1 is 1.23 bits per heavy atom. The van der Waals surface area contributed by atoms with Crippen LogP contribution < -0.4 is 9.47 Å². The quantitative estimate of drug-likeness (QED) is 0.760. The van der Waals surface area contributed by atoms with Gasteiger partial charge in [0.15, 0.2) is 11.5 Å². The van der Waals surface area contributed by atoms with Crippen LogP contribution in [0.15, 0.2) is 23.7 Å². The Hall–Kier alpha value is -2.54. The zero-order chi connectivity index (χ0) is 15.1. The van der Waals surface area contributed by atoms with E-state index in [1.165, 1.54) is 0 Å². The fraction of sp³-hybridized carbons (Fsp3) is 0.200. The fourth-order valence-corrected chi connectivity index (χ4v) is 3.09. The van der Waals surface area contributed by atoms with E-state index in [1.54, 1.807) is 29.7 Å². The van der Waals surface area contributed by atoms with Gasteiger partial charge in [-0.2, -0.15) is 5.10 Å². The zero-order valence-corrected chi connectivity index (χ0v) is 12.6. The van der Waals surface area contributed by atoms with Gasteiger partial charge in [0.1, 0.15) is 13.2 Å². The number of thiazole rings is 1. The summed E-state index contributed by atoms with van der Waals surface area (Å²) in [5.74, 6) is 0.978. The van der Waals surface area contributed by atoms with Crippen molar-refractivity contribution < 1.29 is 14.6 Å². The first-order valence-electron chi connectivity index (χ1n) is 6.82. The van der Waals surface area contributed by atoms with Crippen LogP contribution in [0.3, 0.4) is 0 Å². The van der Waals surface area contributed by atoms with E-state index in [0.29, 0.717) is 36.0 Å². The topological polar surface area (TPSA) is 80.3 Å². The molecular weight excluding hydrogens is 302 g/mol. The summed E-state index contributed by atoms with van der Waals surface area (Å²) in [6.07, 6.45) is 1.71. The second kappa shape index (κ2) is 5.03. The molecule has 1 aliphatic heterocycles. The Balaban J connectivity index is 1.85. The molecule has 3 heterocycles. The van der Waals surface area contributed by atoms with E-state index in [9.17, 15) is 5.11 Å². The summed E-state index contributed by atoms with van der Waals surface area (Å²) in [5, 5.41) is 20.5. The molecule has 22 heavy (non-hydrogen) atoms. The fourth-order valence-electron chi connectivity index (χ4n) is 2.48. The minimum absolute atomic E-state index is 0.0506. The third-order valence-electron chi connectivity index (χ3n) is 3.49. The van der Waals surface area contributed by atoms with Gasteiger partial charge in [-0.05, 0) is 19.1 Å². The summed E-state index contributed by atoms with van der Waals surface area (Å²) < 4.78 is 11.0. The summed E-state index contributed by atoms with van der Waals surface area (Å²) >= 11 is 1.57. The number of phenolic OH excluding ortho intramolecular Hbond substituents is 1. The first kappa shape index (κ1) is 13.1. The number of hydrogen-bond acceptors (Lipinski definition) is 6. The predicted octanol–water partition coefficient (Wildman–Crippen LogP) is 2.99. The number of aromatic hydroxyl groups is 1. The van der Waals surface area contributed by atoms with Gasteiger partial charge in [0.25, 0.3) is 0 Å². The molecule has 0 radical (unpaired) electrons. The van der Waals surface area contributed by atoms with Crippen LogP contribution in [0.4, 0.5) is 0 Å². The first-order chi connectivity index (χ1) is 10.7. The maximum absolute atomic E-state index is 10.5. The monoisotopic (exact) mass is 315 g/mol. The number of aryl methyl sites for hydroxylation is 1. The molecule has 0 saturated carbocycles. The van der Waals surface area contributed by atoms with E-state index >= 15 is 0 Å². The molecule has 0 amide bonds. The largest absolute Gasteiger partial charge is 0.504 e. The molecule has 0 saturated heterocycles. The van der Waals surface area contributed by atoms with E-state index in [0.717, 1.165) is 16.3 Å². The van der Waals surface area contributed by atoms with Gasteiger partial charge in [-0.1, -0.05) is 0 Å². The van der Waals surface area contributed by atoms with Crippen LogP contribution in [-0.2, 0) is 0 Å². The second-order valence-corrected chi connectivity index (χ2v) is 5.96. The van der Waals surface area contributed by atoms with Crippen LogP contribution in [-0.4, -0.2) is 33.5 Å². The number of nitrogens with one attached hydrogen (secondary N) is 1. The maximum Gasteiger partial charge on any atom is 0.204 e. The Kier molecular flexibility index (Phi) is 3.00. The lowest BCUT2D eigenvalue weighted by atomic mass is 10.0. The molecule has 0 unspecified atom stereocenters. The molecule has 1 aliphatic rings. The average Bonchev–Trinajstić information content (AvgIpc) is 3.16. The highest BCUT2D eigenvalue weighted by Gasteiger charge is 2.22. The third kappa shape index (κ3) is 2.01. The van der Waals surface area contributed by atoms with E-state index in [-0.39, 0.29) is 5.75 Å². The molecule has 0 bridgehead atoms. The van der Waals surface area contributed by atoms with E-state index < -0.39 is 0 Å². The number of aromatic nitrogens is 3. The van der Waals surface area contributed by atoms with Gasteiger partial charge >= 0.3 is 0 Å². The summed E-state index contributed by atoms with van der Waals surface area (Å²) in [6, 6.07) is 3.58. The van der Waals surface area contributed by atoms with Gasteiger partial charge in [0, 0.05) is 16.5 Å². The number of ether oxygens (including phenoxy) is 2. The van der Waals surface area contributed by atoms with Gasteiger partial charge in [0.05, 0.1) is 22.6 Å². The average molecular weight is 315 g/mol. The van der Waals surface area contributed by atoms with Gasteiger partial charge < -0.3 is 14.6 Å². The Morgan fingerprint density at radius 2 is 2.09 bits per heavy atom. The molecule has 3 aromatic rings. The van der Waals surface area contributed by atoms with Gasteiger partial charge in [-0.25, -0.2) is 4.98 Å². The van der Waals surface area contributed by atoms with Crippen LogP contribution in [0.25, 0.3) is 22.5 Å². The van der Waals surface area contributed by atoms with Crippen molar-refractivity contribution in [3.63, 3.8) is 0 Å². The number of fused-ring (bicyclic) bond motifs is 1. The number of rotatable bonds is 2. The van der Waals surface area contributed by atoms with Crippen LogP contribution in [0, 0.1) is 6.92 Å². The van der Waals surface area contributed by atoms with E-state index in [1.807, 2.05) is 12.3 Å². The van der Waals surface area contributed by atoms with E-state index in [2.05, 4.69) is 15.2 Å². The van der Waals surface area contributed by atoms with Gasteiger partial charge in [-0.3, -0.25) is 5.10 Å². The molecular formula is C15H13N3O3S. The van der Waals surface area contributed by atoms with Crippen molar-refractivity contribution in [2.24, 2.45) is 0 Å². The molecule has 1 aromatic carbocycles. The van der Waals surface area contributed by atoms with Gasteiger partial charge in [0.2, 0.25) is 5.75 Å². The van der Waals surface area contributed by atoms with Crippen LogP contribution in [0.1, 0.15) is 5.01 Å². The van der Waals surface area contributed by atoms with Crippen molar-refractivity contribution >= 4 is 11.3 Å². The molecule has 0 fully saturated rings. The molecule has 112 valence electrons. The Morgan fingerprint density at radius 3 is 2.91 bits per heavy atom. The molecule has 4 rings (SSSR count). The van der Waals surface area contributed by atoms with Crippen LogP contribution >= 0.6 is 11.3 Å². The lowest BCUT2D eigenvalue weighted by molar-refractivity contribution is 0.166. The molecule has 6 nitrogen and oxygen atoms in total. The van der Waals surface area contributed by atoms with Crippen molar-refractivity contribution in [3.05, 3.63) is 28.7 Å². The van der Waals surface area contributed by atoms with E-state index in [4.69, 9.17) is 9.47 Å². The highest BCUT2D eigenvalue weighted by atomic mass is 32.1. The number of phenols is 1. The highest BCUT2D eigenvalue weighted by Crippen LogP contribution is 2.46. The van der Waals surface area contributed by atoms with Crippen molar-refractivity contribution in [2.45, 2.75) is 6.92 Å². The smallest absolute Gasteiger partial charge is 0.204 e. The lowest BCUT2D eigenvalue weighted by Crippen LogP contribution is -2.15. The summed E-state index contributed by atoms with van der Waals surface area (Å²) in [6.45, 7) is 2.86. The molecule has 2 N–H and O–H groups in total. The third-order valence-corrected chi connectivity index (χ3v) is 4.26. The maximum atomic E-state index is 10.5. The standard InChI is InChI=1S/C15H13N3O3S/c1-8-17-11(7-22-8)10-6-16-18-13(10)9-2-3-12-15(14(9)19)21-5-4-20-12/h2-3,6-7,19H,4-5H2,1H3,(H,16,18). The summed E-state index contributed by atoms with van der Waals surface area (Å²) in [4.78, 5) is 4.48. The predicted molar refractivity (Wildman–Crippen MR) is 82.5 cm³/mol. The van der Waals surface area contributed by atoms with Crippen molar-refractivity contribution in [1.29, 1.82) is 0 Å². The minimum atomic E-state index is 0.0506. The molecule has 0 aliphatic carbocycles. The second-order valence-electron chi connectivity index (χ2n) is 4.90. The zero-order valence-electron chi connectivity index (χ0n) is 11.8. The van der Waals surface area contributed by atoms with Crippen molar-refractivity contribution in [1.82, 2.24) is 15.2 Å².